The molecule has 2 aromatic carbocycles. The van der Waals surface area contributed by atoms with Gasteiger partial charge < -0.3 is 9.80 Å². The molecule has 2 rings (SSSR count). The molecular formula is C27H29F3N4. The Bertz CT molecular complexity index is 1140. The van der Waals surface area contributed by atoms with Crippen LogP contribution in [0.4, 0.5) is 24.5 Å². The highest BCUT2D eigenvalue weighted by Crippen LogP contribution is 2.35. The number of amidine groups is 1. The van der Waals surface area contributed by atoms with Crippen molar-refractivity contribution in [1.29, 1.82) is 10.7 Å². The third kappa shape index (κ3) is 6.16. The van der Waals surface area contributed by atoms with Gasteiger partial charge >= 0.3 is 6.18 Å². The normalized spacial score (nSPS) is 12.2. The number of halogens is 3. The predicted octanol–water partition coefficient (Wildman–Crippen LogP) is 8.01. The first kappa shape index (κ1) is 26.5. The monoisotopic (exact) mass is 466 g/mol. The lowest BCUT2D eigenvalue weighted by Gasteiger charge is -2.31. The number of rotatable bonds is 8. The number of nitrogens with one attached hydrogen (secondary N) is 1. The van der Waals surface area contributed by atoms with E-state index in [1.807, 2.05) is 13.8 Å². The Balaban J connectivity index is 2.58. The summed E-state index contributed by atoms with van der Waals surface area (Å²) in [7, 11) is 0. The van der Waals surface area contributed by atoms with Gasteiger partial charge in [0.2, 0.25) is 0 Å². The van der Waals surface area contributed by atoms with Crippen LogP contribution in [0.2, 0.25) is 0 Å². The fourth-order valence-electron chi connectivity index (χ4n) is 3.49. The molecule has 0 spiro atoms. The van der Waals surface area contributed by atoms with E-state index in [-0.39, 0.29) is 5.84 Å². The second-order valence-electron chi connectivity index (χ2n) is 7.77. The summed E-state index contributed by atoms with van der Waals surface area (Å²) in [5.41, 5.74) is 2.60. The van der Waals surface area contributed by atoms with Crippen molar-refractivity contribution < 1.29 is 13.2 Å². The van der Waals surface area contributed by atoms with E-state index in [2.05, 4.69) is 12.6 Å². The van der Waals surface area contributed by atoms with Crippen molar-refractivity contribution in [1.82, 2.24) is 0 Å². The molecule has 0 bridgehead atoms. The fourth-order valence-corrected chi connectivity index (χ4v) is 3.49. The lowest BCUT2D eigenvalue weighted by molar-refractivity contribution is -0.137. The van der Waals surface area contributed by atoms with Crippen molar-refractivity contribution in [2.75, 3.05) is 9.80 Å². The van der Waals surface area contributed by atoms with Crippen LogP contribution in [0.5, 0.6) is 0 Å². The first-order valence-electron chi connectivity index (χ1n) is 10.9. The molecular weight excluding hydrogens is 437 g/mol. The van der Waals surface area contributed by atoms with Crippen LogP contribution < -0.4 is 9.80 Å². The zero-order valence-corrected chi connectivity index (χ0v) is 19.9. The lowest BCUT2D eigenvalue weighted by Crippen LogP contribution is -2.29. The molecule has 1 N–H and O–H groups in total. The molecule has 0 aromatic heterocycles. The van der Waals surface area contributed by atoms with E-state index in [0.717, 1.165) is 18.6 Å². The first-order valence-corrected chi connectivity index (χ1v) is 10.9. The van der Waals surface area contributed by atoms with Crippen molar-refractivity contribution in [2.45, 2.75) is 46.7 Å². The summed E-state index contributed by atoms with van der Waals surface area (Å²) in [4.78, 5) is 3.35. The molecule has 0 aliphatic carbocycles. The van der Waals surface area contributed by atoms with E-state index in [0.29, 0.717) is 40.3 Å². The van der Waals surface area contributed by atoms with Gasteiger partial charge in [0.05, 0.1) is 17.2 Å². The van der Waals surface area contributed by atoms with Gasteiger partial charge in [-0.3, -0.25) is 5.41 Å². The Kier molecular flexibility index (Phi) is 8.85. The molecule has 0 aliphatic heterocycles. The first-order chi connectivity index (χ1) is 16.0. The van der Waals surface area contributed by atoms with Crippen molar-refractivity contribution >= 4 is 17.2 Å². The molecule has 0 fully saturated rings. The van der Waals surface area contributed by atoms with E-state index < -0.39 is 11.7 Å². The minimum Gasteiger partial charge on any atom is -0.318 e. The number of benzene rings is 2. The molecule has 2 aromatic rings. The van der Waals surface area contributed by atoms with Crippen LogP contribution in [0, 0.1) is 16.7 Å². The van der Waals surface area contributed by atoms with Gasteiger partial charge in [0.25, 0.3) is 0 Å². The maximum Gasteiger partial charge on any atom is 0.416 e. The number of anilines is 2. The molecule has 0 amide bonds. The summed E-state index contributed by atoms with van der Waals surface area (Å²) in [5, 5.41) is 17.9. The number of hydrogen-bond acceptors (Lipinski definition) is 3. The van der Waals surface area contributed by atoms with E-state index in [4.69, 9.17) is 10.7 Å². The summed E-state index contributed by atoms with van der Waals surface area (Å²) in [6.07, 6.45) is 0.410. The van der Waals surface area contributed by atoms with Gasteiger partial charge in [0, 0.05) is 34.5 Å². The molecule has 0 aliphatic rings. The third-order valence-corrected chi connectivity index (χ3v) is 5.33. The summed E-state index contributed by atoms with van der Waals surface area (Å²) in [6, 6.07) is 14.0. The van der Waals surface area contributed by atoms with Crippen LogP contribution >= 0.6 is 0 Å². The topological polar surface area (TPSA) is 54.1 Å². The van der Waals surface area contributed by atoms with Gasteiger partial charge in [0.15, 0.2) is 0 Å². The number of alkyl halides is 3. The average Bonchev–Trinajstić information content (AvgIpc) is 2.81. The molecule has 4 nitrogen and oxygen atoms in total. The molecule has 0 saturated heterocycles. The van der Waals surface area contributed by atoms with E-state index in [9.17, 15) is 13.2 Å². The van der Waals surface area contributed by atoms with Crippen molar-refractivity contribution in [3.8, 4) is 6.07 Å². The Hall–Kier alpha value is -3.79. The summed E-state index contributed by atoms with van der Waals surface area (Å²) in [5.74, 6) is 0.154. The quantitative estimate of drug-likeness (QED) is 0.317. The minimum absolute atomic E-state index is 0.154. The maximum absolute atomic E-state index is 13.4. The smallest absolute Gasteiger partial charge is 0.318 e. The van der Waals surface area contributed by atoms with Crippen LogP contribution in [-0.4, -0.2) is 5.84 Å². The van der Waals surface area contributed by atoms with Gasteiger partial charge in [-0.2, -0.15) is 18.4 Å². The third-order valence-electron chi connectivity index (χ3n) is 5.33. The predicted molar refractivity (Wildman–Crippen MR) is 133 cm³/mol. The fraction of sp³-hybridized carbons (Fsp3) is 0.259. The number of hydrogen-bond donors (Lipinski definition) is 1. The molecule has 0 radical (unpaired) electrons. The van der Waals surface area contributed by atoms with Crippen LogP contribution in [0.3, 0.4) is 0 Å². The number of nitrogens with zero attached hydrogens (tertiary/aromatic N) is 3. The zero-order chi connectivity index (χ0) is 25.5. The highest BCUT2D eigenvalue weighted by atomic mass is 19.4. The molecule has 0 unspecified atom stereocenters. The largest absolute Gasteiger partial charge is 0.416 e. The average molecular weight is 467 g/mol. The van der Waals surface area contributed by atoms with Crippen LogP contribution in [0.25, 0.3) is 0 Å². The Labute approximate surface area is 199 Å². The highest BCUT2D eigenvalue weighted by molar-refractivity contribution is 6.09. The Morgan fingerprint density at radius 2 is 1.76 bits per heavy atom. The van der Waals surface area contributed by atoms with Crippen molar-refractivity contribution in [3.05, 3.63) is 95.5 Å². The second kappa shape index (κ2) is 11.4. The van der Waals surface area contributed by atoms with Gasteiger partial charge in [-0.25, -0.2) is 0 Å². The summed E-state index contributed by atoms with van der Waals surface area (Å²) in [6.45, 7) is 11.5. The molecule has 0 saturated carbocycles. The van der Waals surface area contributed by atoms with Crippen molar-refractivity contribution in [3.63, 3.8) is 0 Å². The zero-order valence-electron chi connectivity index (χ0n) is 19.9. The molecule has 34 heavy (non-hydrogen) atoms. The maximum atomic E-state index is 13.4. The van der Waals surface area contributed by atoms with Gasteiger partial charge in [-0.1, -0.05) is 32.1 Å². The van der Waals surface area contributed by atoms with Gasteiger partial charge in [-0.15, -0.1) is 0 Å². The lowest BCUT2D eigenvalue weighted by atomic mass is 10.1. The van der Waals surface area contributed by atoms with Crippen LogP contribution in [0.15, 0.2) is 84.4 Å². The number of allylic oxidation sites excluding steroid dienone is 3. The highest BCUT2D eigenvalue weighted by Gasteiger charge is 2.31. The minimum atomic E-state index is -4.47. The Morgan fingerprint density at radius 1 is 1.12 bits per heavy atom. The second-order valence-corrected chi connectivity index (χ2v) is 7.77. The van der Waals surface area contributed by atoms with Gasteiger partial charge in [-0.05, 0) is 69.7 Å². The van der Waals surface area contributed by atoms with Crippen molar-refractivity contribution in [2.24, 2.45) is 0 Å². The molecule has 7 heteroatoms. The standard InChI is InChI=1S/C27H29F3N4/c1-6-9-19(3)34(25-11-8-10-23(17-25)27(28,29)30)21(5)20(4)26(32)33(16-7-2)24-14-12-22(18-31)13-15-24/h7-8,10-17,32H,3,6,9H2,1-2,4-5H3/b16-7-,21-20+,32-26?. The van der Waals surface area contributed by atoms with E-state index >= 15 is 0 Å². The Morgan fingerprint density at radius 3 is 2.29 bits per heavy atom. The van der Waals surface area contributed by atoms with E-state index in [1.54, 1.807) is 66.3 Å². The van der Waals surface area contributed by atoms with Gasteiger partial charge in [0.1, 0.15) is 5.84 Å². The van der Waals surface area contributed by atoms with Crippen LogP contribution in [0.1, 0.15) is 51.7 Å². The van der Waals surface area contributed by atoms with E-state index in [1.165, 1.54) is 6.07 Å². The molecule has 0 heterocycles. The summed E-state index contributed by atoms with van der Waals surface area (Å²) >= 11 is 0. The number of nitriles is 1. The molecule has 178 valence electrons. The van der Waals surface area contributed by atoms with Crippen LogP contribution in [-0.2, 0) is 6.18 Å². The summed E-state index contributed by atoms with van der Waals surface area (Å²) < 4.78 is 40.1. The molecule has 0 atom stereocenters. The SMILES string of the molecule is C=C(CCC)N(/C(C)=C(\C)C(=N)N(/C=C\C)c1ccc(C#N)cc1)c1cccc(C(F)(F)F)c1.